The molecule has 0 aliphatic carbocycles. The molecule has 1 amide bonds. The maximum Gasteiger partial charge on any atom is 0.255 e. The van der Waals surface area contributed by atoms with Crippen molar-refractivity contribution in [3.63, 3.8) is 0 Å². The first-order valence-electron chi connectivity index (χ1n) is 6.88. The van der Waals surface area contributed by atoms with Crippen LogP contribution in [0.1, 0.15) is 17.3 Å². The van der Waals surface area contributed by atoms with Gasteiger partial charge in [0.25, 0.3) is 5.91 Å². The van der Waals surface area contributed by atoms with Crippen LogP contribution in [-0.4, -0.2) is 43.2 Å². The molecule has 22 heavy (non-hydrogen) atoms. The number of carbonyl (C=O) groups is 1. The molecule has 0 aromatic heterocycles. The van der Waals surface area contributed by atoms with Gasteiger partial charge >= 0.3 is 0 Å². The van der Waals surface area contributed by atoms with Crippen molar-refractivity contribution in [1.29, 1.82) is 0 Å². The SMILES string of the molecule is C=CCNC(=NCCNC(=O)c1ccccc1O)NCC.I. The van der Waals surface area contributed by atoms with Crippen molar-refractivity contribution >= 4 is 35.8 Å². The average Bonchev–Trinajstić information content (AvgIpc) is 2.49. The molecule has 1 aromatic carbocycles. The van der Waals surface area contributed by atoms with Crippen LogP contribution in [-0.2, 0) is 0 Å². The Bertz CT molecular complexity index is 506. The predicted octanol–water partition coefficient (Wildman–Crippen LogP) is 1.48. The topological polar surface area (TPSA) is 85.8 Å². The summed E-state index contributed by atoms with van der Waals surface area (Å²) in [5, 5.41) is 18.4. The summed E-state index contributed by atoms with van der Waals surface area (Å²) in [4.78, 5) is 16.2. The summed E-state index contributed by atoms with van der Waals surface area (Å²) in [5.74, 6) is 0.334. The number of rotatable bonds is 7. The van der Waals surface area contributed by atoms with Crippen LogP contribution >= 0.6 is 24.0 Å². The van der Waals surface area contributed by atoms with Gasteiger partial charge in [0.2, 0.25) is 0 Å². The van der Waals surface area contributed by atoms with Crippen LogP contribution in [0.15, 0.2) is 41.9 Å². The van der Waals surface area contributed by atoms with Crippen molar-refractivity contribution in [2.75, 3.05) is 26.2 Å². The second-order valence-electron chi connectivity index (χ2n) is 4.20. The highest BCUT2D eigenvalue weighted by atomic mass is 127. The number of aromatic hydroxyl groups is 1. The first kappa shape index (κ1) is 20.2. The van der Waals surface area contributed by atoms with Crippen LogP contribution in [0.3, 0.4) is 0 Å². The van der Waals surface area contributed by atoms with Gasteiger partial charge in [0.1, 0.15) is 5.75 Å². The number of phenolic OH excluding ortho intramolecular Hbond substituents is 1. The van der Waals surface area contributed by atoms with E-state index in [0.717, 1.165) is 6.54 Å². The molecule has 0 heterocycles. The van der Waals surface area contributed by atoms with E-state index < -0.39 is 0 Å². The largest absolute Gasteiger partial charge is 0.507 e. The van der Waals surface area contributed by atoms with E-state index >= 15 is 0 Å². The second-order valence-corrected chi connectivity index (χ2v) is 4.20. The molecule has 0 bridgehead atoms. The predicted molar refractivity (Wildman–Crippen MR) is 100 cm³/mol. The normalized spacial score (nSPS) is 10.3. The molecule has 0 aliphatic rings. The average molecular weight is 418 g/mol. The van der Waals surface area contributed by atoms with Crippen LogP contribution in [0.5, 0.6) is 5.75 Å². The van der Waals surface area contributed by atoms with Crippen LogP contribution in [0.25, 0.3) is 0 Å². The molecular formula is C15H23IN4O2. The molecular weight excluding hydrogens is 395 g/mol. The third-order valence-corrected chi connectivity index (χ3v) is 2.57. The van der Waals surface area contributed by atoms with E-state index in [9.17, 15) is 9.90 Å². The molecule has 0 fully saturated rings. The third kappa shape index (κ3) is 7.30. The van der Waals surface area contributed by atoms with E-state index in [1.807, 2.05) is 6.92 Å². The fourth-order valence-corrected chi connectivity index (χ4v) is 1.61. The minimum absolute atomic E-state index is 0. The standard InChI is InChI=1S/C15H22N4O2.HI/c1-3-9-18-15(16-4-2)19-11-10-17-14(21)12-7-5-6-8-13(12)20;/h3,5-8,20H,1,4,9-11H2,2H3,(H,17,21)(H2,16,18,19);1H. The van der Waals surface area contributed by atoms with Gasteiger partial charge in [0.15, 0.2) is 5.96 Å². The summed E-state index contributed by atoms with van der Waals surface area (Å²) in [6.07, 6.45) is 1.74. The number of guanidine groups is 1. The minimum atomic E-state index is -0.313. The molecule has 0 radical (unpaired) electrons. The maximum absolute atomic E-state index is 11.8. The summed E-state index contributed by atoms with van der Waals surface area (Å²) in [6, 6.07) is 6.43. The van der Waals surface area contributed by atoms with E-state index in [1.54, 1.807) is 24.3 Å². The van der Waals surface area contributed by atoms with E-state index in [1.165, 1.54) is 6.07 Å². The van der Waals surface area contributed by atoms with E-state index in [4.69, 9.17) is 0 Å². The lowest BCUT2D eigenvalue weighted by atomic mass is 10.2. The lowest BCUT2D eigenvalue weighted by molar-refractivity contribution is 0.0952. The Morgan fingerprint density at radius 1 is 1.32 bits per heavy atom. The van der Waals surface area contributed by atoms with Gasteiger partial charge in [0.05, 0.1) is 12.1 Å². The van der Waals surface area contributed by atoms with Crippen LogP contribution < -0.4 is 16.0 Å². The molecule has 1 rings (SSSR count). The van der Waals surface area contributed by atoms with Crippen LogP contribution in [0, 0.1) is 0 Å². The Balaban J connectivity index is 0.00000441. The van der Waals surface area contributed by atoms with Gasteiger partial charge in [-0.05, 0) is 19.1 Å². The molecule has 0 saturated carbocycles. The Morgan fingerprint density at radius 2 is 2.05 bits per heavy atom. The number of phenols is 1. The van der Waals surface area contributed by atoms with Gasteiger partial charge in [-0.15, -0.1) is 30.6 Å². The number of halogens is 1. The van der Waals surface area contributed by atoms with E-state index in [-0.39, 0.29) is 41.2 Å². The molecule has 1 aromatic rings. The number of nitrogens with zero attached hydrogens (tertiary/aromatic N) is 1. The van der Waals surface area contributed by atoms with Crippen molar-refractivity contribution in [3.05, 3.63) is 42.5 Å². The summed E-state index contributed by atoms with van der Waals surface area (Å²) >= 11 is 0. The molecule has 122 valence electrons. The Labute approximate surface area is 148 Å². The minimum Gasteiger partial charge on any atom is -0.507 e. The number of benzene rings is 1. The lowest BCUT2D eigenvalue weighted by Gasteiger charge is -2.10. The number of aliphatic imine (C=N–C) groups is 1. The second kappa shape index (κ2) is 11.8. The molecule has 0 atom stereocenters. The van der Waals surface area contributed by atoms with Gasteiger partial charge in [-0.1, -0.05) is 18.2 Å². The van der Waals surface area contributed by atoms with Gasteiger partial charge in [-0.25, -0.2) is 0 Å². The van der Waals surface area contributed by atoms with Gasteiger partial charge in [0, 0.05) is 19.6 Å². The summed E-state index contributed by atoms with van der Waals surface area (Å²) in [5.41, 5.74) is 0.262. The Kier molecular flexibility index (Phi) is 10.9. The zero-order chi connectivity index (χ0) is 15.5. The molecule has 0 aliphatic heterocycles. The molecule has 0 unspecified atom stereocenters. The smallest absolute Gasteiger partial charge is 0.255 e. The first-order valence-corrected chi connectivity index (χ1v) is 6.88. The fourth-order valence-electron chi connectivity index (χ4n) is 1.61. The number of hydrogen-bond acceptors (Lipinski definition) is 3. The zero-order valence-electron chi connectivity index (χ0n) is 12.6. The van der Waals surface area contributed by atoms with Gasteiger partial charge in [-0.3, -0.25) is 9.79 Å². The quantitative estimate of drug-likeness (QED) is 0.178. The highest BCUT2D eigenvalue weighted by Crippen LogP contribution is 2.14. The van der Waals surface area contributed by atoms with Gasteiger partial charge < -0.3 is 21.1 Å². The lowest BCUT2D eigenvalue weighted by Crippen LogP contribution is -2.38. The van der Waals surface area contributed by atoms with Crippen molar-refractivity contribution in [1.82, 2.24) is 16.0 Å². The van der Waals surface area contributed by atoms with Crippen molar-refractivity contribution in [3.8, 4) is 5.75 Å². The summed E-state index contributed by atoms with van der Waals surface area (Å²) < 4.78 is 0. The fraction of sp³-hybridized carbons (Fsp3) is 0.333. The van der Waals surface area contributed by atoms with Crippen molar-refractivity contribution < 1.29 is 9.90 Å². The Morgan fingerprint density at radius 3 is 2.68 bits per heavy atom. The third-order valence-electron chi connectivity index (χ3n) is 2.57. The number of hydrogen-bond donors (Lipinski definition) is 4. The number of amides is 1. The summed E-state index contributed by atoms with van der Waals surface area (Å²) in [6.45, 7) is 7.81. The molecule has 7 heteroatoms. The monoisotopic (exact) mass is 418 g/mol. The number of para-hydroxylation sites is 1. The number of nitrogens with one attached hydrogen (secondary N) is 3. The van der Waals surface area contributed by atoms with Gasteiger partial charge in [-0.2, -0.15) is 0 Å². The van der Waals surface area contributed by atoms with Crippen molar-refractivity contribution in [2.24, 2.45) is 4.99 Å². The van der Waals surface area contributed by atoms with E-state index in [2.05, 4.69) is 27.5 Å². The molecule has 4 N–H and O–H groups in total. The number of carbonyl (C=O) groups excluding carboxylic acids is 1. The van der Waals surface area contributed by atoms with Crippen molar-refractivity contribution in [2.45, 2.75) is 6.92 Å². The summed E-state index contributed by atoms with van der Waals surface area (Å²) in [7, 11) is 0. The molecule has 0 spiro atoms. The highest BCUT2D eigenvalue weighted by Gasteiger charge is 2.08. The highest BCUT2D eigenvalue weighted by molar-refractivity contribution is 14.0. The maximum atomic E-state index is 11.8. The first-order chi connectivity index (χ1) is 10.2. The zero-order valence-corrected chi connectivity index (χ0v) is 15.0. The Hall–Kier alpha value is -1.77. The molecule has 0 saturated heterocycles. The molecule has 6 nitrogen and oxygen atoms in total. The van der Waals surface area contributed by atoms with E-state index in [0.29, 0.717) is 25.6 Å². The van der Waals surface area contributed by atoms with Crippen LogP contribution in [0.2, 0.25) is 0 Å². The van der Waals surface area contributed by atoms with Crippen LogP contribution in [0.4, 0.5) is 0 Å².